The van der Waals surface area contributed by atoms with Gasteiger partial charge in [-0.15, -0.1) is 0 Å². The molecule has 0 heterocycles. The first-order valence-electron chi connectivity index (χ1n) is 9.56. The zero-order valence-electron chi connectivity index (χ0n) is 17.5. The fourth-order valence-electron chi connectivity index (χ4n) is 2.89. The van der Waals surface area contributed by atoms with Crippen molar-refractivity contribution in [2.24, 2.45) is 0 Å². The van der Waals surface area contributed by atoms with Crippen LogP contribution in [0.5, 0.6) is 23.0 Å². The molecule has 0 aliphatic rings. The van der Waals surface area contributed by atoms with Crippen LogP contribution < -0.4 is 18.9 Å². The zero-order valence-corrected chi connectivity index (χ0v) is 18.3. The lowest BCUT2D eigenvalue weighted by atomic mass is 10.0. The predicted octanol–water partition coefficient (Wildman–Crippen LogP) is 5.41. The number of hydrogen-bond acceptors (Lipinski definition) is 6. The molecular formula is C25H20ClNO5. The summed E-state index contributed by atoms with van der Waals surface area (Å²) in [4.78, 5) is 12.2. The number of methoxy groups -OCH3 is 2. The van der Waals surface area contributed by atoms with Gasteiger partial charge in [-0.2, -0.15) is 5.26 Å². The lowest BCUT2D eigenvalue weighted by Gasteiger charge is -2.11. The number of ether oxygens (including phenoxy) is 4. The molecule has 0 atom stereocenters. The van der Waals surface area contributed by atoms with Crippen molar-refractivity contribution in [2.45, 2.75) is 0 Å². The van der Waals surface area contributed by atoms with E-state index in [9.17, 15) is 10.1 Å². The van der Waals surface area contributed by atoms with Gasteiger partial charge in [0.1, 0.15) is 11.5 Å². The molecule has 3 aromatic rings. The van der Waals surface area contributed by atoms with Crippen LogP contribution in [0.3, 0.4) is 0 Å². The monoisotopic (exact) mass is 449 g/mol. The van der Waals surface area contributed by atoms with Crippen LogP contribution in [0, 0.1) is 11.3 Å². The SMILES string of the molecule is COc1cc(/C=C(/C#N)c2ccccc2OC)ccc1OC(=O)COc1ccc(Cl)cc1. The maximum atomic E-state index is 12.2. The first-order valence-corrected chi connectivity index (χ1v) is 9.94. The number of nitriles is 1. The van der Waals surface area contributed by atoms with E-state index in [1.165, 1.54) is 7.11 Å². The van der Waals surface area contributed by atoms with Crippen molar-refractivity contribution in [2.75, 3.05) is 20.8 Å². The van der Waals surface area contributed by atoms with E-state index in [1.807, 2.05) is 18.2 Å². The molecule has 6 nitrogen and oxygen atoms in total. The number of carbonyl (C=O) groups is 1. The molecule has 0 saturated carbocycles. The largest absolute Gasteiger partial charge is 0.496 e. The lowest BCUT2D eigenvalue weighted by Crippen LogP contribution is -2.18. The maximum Gasteiger partial charge on any atom is 0.349 e. The van der Waals surface area contributed by atoms with Gasteiger partial charge in [0, 0.05) is 10.6 Å². The Balaban J connectivity index is 1.75. The second-order valence-corrected chi connectivity index (χ2v) is 6.93. The van der Waals surface area contributed by atoms with Gasteiger partial charge in [-0.05, 0) is 60.2 Å². The predicted molar refractivity (Wildman–Crippen MR) is 122 cm³/mol. The minimum absolute atomic E-state index is 0.241. The molecule has 3 aromatic carbocycles. The van der Waals surface area contributed by atoms with Gasteiger partial charge in [0.2, 0.25) is 0 Å². The Kier molecular flexibility index (Phi) is 7.74. The highest BCUT2D eigenvalue weighted by atomic mass is 35.5. The molecule has 0 aliphatic heterocycles. The molecule has 0 fully saturated rings. The Labute approximate surface area is 191 Å². The molecule has 3 rings (SSSR count). The number of benzene rings is 3. The lowest BCUT2D eigenvalue weighted by molar-refractivity contribution is -0.136. The van der Waals surface area contributed by atoms with Gasteiger partial charge >= 0.3 is 5.97 Å². The highest BCUT2D eigenvalue weighted by Crippen LogP contribution is 2.32. The summed E-state index contributed by atoms with van der Waals surface area (Å²) in [6.45, 7) is -0.279. The van der Waals surface area contributed by atoms with Crippen LogP contribution in [0.4, 0.5) is 0 Å². The third-order valence-electron chi connectivity index (χ3n) is 4.41. The van der Waals surface area contributed by atoms with Gasteiger partial charge in [0.15, 0.2) is 18.1 Å². The van der Waals surface area contributed by atoms with E-state index in [0.29, 0.717) is 39.0 Å². The Hall–Kier alpha value is -3.95. The van der Waals surface area contributed by atoms with Gasteiger partial charge in [-0.1, -0.05) is 29.8 Å². The topological polar surface area (TPSA) is 77.8 Å². The molecule has 0 aliphatic carbocycles. The van der Waals surface area contributed by atoms with E-state index >= 15 is 0 Å². The Bertz CT molecular complexity index is 1170. The molecular weight excluding hydrogens is 430 g/mol. The molecule has 0 bridgehead atoms. The average Bonchev–Trinajstić information content (AvgIpc) is 2.83. The number of nitrogens with zero attached hydrogens (tertiary/aromatic N) is 1. The summed E-state index contributed by atoms with van der Waals surface area (Å²) in [5, 5.41) is 10.2. The van der Waals surface area contributed by atoms with Crippen LogP contribution in [0.2, 0.25) is 5.02 Å². The summed E-state index contributed by atoms with van der Waals surface area (Å²) in [6.07, 6.45) is 1.70. The highest BCUT2D eigenvalue weighted by molar-refractivity contribution is 6.30. The summed E-state index contributed by atoms with van der Waals surface area (Å²) in [5.74, 6) is 1.09. The Morgan fingerprint density at radius 2 is 1.69 bits per heavy atom. The van der Waals surface area contributed by atoms with Crippen molar-refractivity contribution < 1.29 is 23.7 Å². The third-order valence-corrected chi connectivity index (χ3v) is 4.66. The van der Waals surface area contributed by atoms with Crippen molar-refractivity contribution in [3.63, 3.8) is 0 Å². The minimum atomic E-state index is -0.590. The van der Waals surface area contributed by atoms with Crippen LogP contribution in [-0.2, 0) is 4.79 Å². The van der Waals surface area contributed by atoms with Crippen LogP contribution >= 0.6 is 11.6 Å². The fraction of sp³-hybridized carbons (Fsp3) is 0.120. The maximum absolute atomic E-state index is 12.2. The normalized spacial score (nSPS) is 10.8. The number of rotatable bonds is 8. The molecule has 0 N–H and O–H groups in total. The van der Waals surface area contributed by atoms with Crippen LogP contribution in [0.1, 0.15) is 11.1 Å². The van der Waals surface area contributed by atoms with Crippen molar-refractivity contribution in [1.29, 1.82) is 5.26 Å². The summed E-state index contributed by atoms with van der Waals surface area (Å²) in [7, 11) is 3.02. The number of para-hydroxylation sites is 1. The van der Waals surface area contributed by atoms with E-state index in [0.717, 1.165) is 0 Å². The first kappa shape index (κ1) is 22.7. The average molecular weight is 450 g/mol. The molecule has 0 aromatic heterocycles. The smallest absolute Gasteiger partial charge is 0.349 e. The Morgan fingerprint density at radius 1 is 0.969 bits per heavy atom. The van der Waals surface area contributed by atoms with Gasteiger partial charge in [0.05, 0.1) is 25.9 Å². The molecule has 0 unspecified atom stereocenters. The second-order valence-electron chi connectivity index (χ2n) is 6.50. The molecule has 162 valence electrons. The number of allylic oxidation sites excluding steroid dienone is 1. The van der Waals surface area contributed by atoms with Gasteiger partial charge in [-0.3, -0.25) is 0 Å². The number of carbonyl (C=O) groups excluding carboxylic acids is 1. The van der Waals surface area contributed by atoms with Gasteiger partial charge in [-0.25, -0.2) is 4.79 Å². The van der Waals surface area contributed by atoms with Crippen molar-refractivity contribution >= 4 is 29.2 Å². The molecule has 32 heavy (non-hydrogen) atoms. The summed E-state index contributed by atoms with van der Waals surface area (Å²) >= 11 is 5.83. The fourth-order valence-corrected chi connectivity index (χ4v) is 3.01. The molecule has 7 heteroatoms. The first-order chi connectivity index (χ1) is 15.5. The van der Waals surface area contributed by atoms with Gasteiger partial charge < -0.3 is 18.9 Å². The second kappa shape index (κ2) is 10.9. The van der Waals surface area contributed by atoms with Crippen LogP contribution in [-0.4, -0.2) is 26.8 Å². The zero-order chi connectivity index (χ0) is 22.9. The highest BCUT2D eigenvalue weighted by Gasteiger charge is 2.13. The van der Waals surface area contributed by atoms with Crippen LogP contribution in [0.15, 0.2) is 66.7 Å². The number of esters is 1. The Morgan fingerprint density at radius 3 is 2.38 bits per heavy atom. The van der Waals surface area contributed by atoms with E-state index in [2.05, 4.69) is 6.07 Å². The number of hydrogen-bond donors (Lipinski definition) is 0. The van der Waals surface area contributed by atoms with E-state index in [1.54, 1.807) is 61.7 Å². The molecule has 0 amide bonds. The van der Waals surface area contributed by atoms with Crippen molar-refractivity contribution in [3.05, 3.63) is 82.9 Å². The quantitative estimate of drug-likeness (QED) is 0.198. The van der Waals surface area contributed by atoms with E-state index < -0.39 is 5.97 Å². The minimum Gasteiger partial charge on any atom is -0.496 e. The van der Waals surface area contributed by atoms with E-state index in [-0.39, 0.29) is 12.4 Å². The van der Waals surface area contributed by atoms with Crippen molar-refractivity contribution in [3.8, 4) is 29.1 Å². The molecule has 0 saturated heterocycles. The number of halogens is 1. The molecule has 0 radical (unpaired) electrons. The molecule has 0 spiro atoms. The standard InChI is InChI=1S/C25H20ClNO5/c1-29-22-6-4-3-5-21(22)18(15-27)13-17-7-12-23(24(14-17)30-2)32-25(28)16-31-20-10-8-19(26)9-11-20/h3-14H,16H2,1-2H3/b18-13-. The van der Waals surface area contributed by atoms with Crippen molar-refractivity contribution in [1.82, 2.24) is 0 Å². The van der Waals surface area contributed by atoms with E-state index in [4.69, 9.17) is 30.5 Å². The summed E-state index contributed by atoms with van der Waals surface area (Å²) < 4.78 is 21.5. The summed E-state index contributed by atoms with van der Waals surface area (Å²) in [6, 6.07) is 21.1. The third kappa shape index (κ3) is 5.81. The van der Waals surface area contributed by atoms with Gasteiger partial charge in [0.25, 0.3) is 0 Å². The summed E-state index contributed by atoms with van der Waals surface area (Å²) in [5.41, 5.74) is 1.79. The van der Waals surface area contributed by atoms with Crippen LogP contribution in [0.25, 0.3) is 11.6 Å².